The molecule has 3 N–H and O–H groups in total. The van der Waals surface area contributed by atoms with Crippen molar-refractivity contribution in [3.8, 4) is 6.07 Å². The smallest absolute Gasteiger partial charge is 1.00 e. The number of nitriles is 1. The third-order valence-electron chi connectivity index (χ3n) is 14.8. The molecule has 0 aromatic heterocycles. The fraction of sp³-hybridized carbons (Fsp3) is 0.862. The first-order valence-corrected chi connectivity index (χ1v) is 40.7. The number of rotatable bonds is 30. The molecule has 0 aromatic rings. The minimum absolute atomic E-state index is 0. The van der Waals surface area contributed by atoms with Crippen molar-refractivity contribution < 1.29 is 116 Å². The standard InChI is InChI=1S/C20H39O7PSi.C17H32O6PSi.C13H23O8P.C4H8O2S.C2H3N.2CH4.6Ba.6H/c1-8-12-24-28(21,26-17-10-13-22-16(17)9-2)25-15-19-18(11-14-23-19)27-29(6,7)20(3,4)5;1-7-13-14(8-10-19-13)22-24(18)21-12-16-15(9-11-20-16)23-25(5,6)17(2,3)4;1-2-5-19-22(16,20-9-13-10(15)3-6-18-13)21-11-4-7-17-12(11)8-14;1-4(6)7-3-2-5;1-2-3;;;;;;;;;;;;;;/h13-14,16-19H,8-12,15H2,1-7H3;10-11,13-16H,7-9,12H2,1-6H3;6-7,10-15H,2-5,8-9H2,1H3;5H,2-3H2,1H3;1H3;2*1H4;;;;;;;;;;;;/q-2;-1;-2;;;;;6*+2;6*-1/t16-,17?,18?,19-,28+;13-,14?,15?,16-;10?,11?,12-,13-,22+;;;;;;;;;;;;;;;;/m111................/s1. The summed E-state index contributed by atoms with van der Waals surface area (Å²) in [6, 6.07) is 1.75. The number of phosphoric acid groups is 2. The average Bonchev–Trinajstić information content (AvgIpc) is 0.874. The van der Waals surface area contributed by atoms with Gasteiger partial charge >= 0.3 is 317 Å². The molecule has 36 heteroatoms. The van der Waals surface area contributed by atoms with Crippen LogP contribution in [0.15, 0.2) is 0 Å². The largest absolute Gasteiger partial charge is 2.00 e. The summed E-state index contributed by atoms with van der Waals surface area (Å²) >= 11 is 1.14. The second-order valence-corrected chi connectivity index (χ2v) is 38.7. The van der Waals surface area contributed by atoms with Crippen molar-refractivity contribution in [2.75, 3.05) is 52.0 Å². The summed E-state index contributed by atoms with van der Waals surface area (Å²) in [7, 11) is -13.6. The molecule has 534 valence electrons. The molecule has 6 heterocycles. The third kappa shape index (κ3) is 46.2. The summed E-state index contributed by atoms with van der Waals surface area (Å²) in [5.74, 6) is 0.523. The molecule has 15 atom stereocenters. The van der Waals surface area contributed by atoms with Crippen molar-refractivity contribution in [3.63, 3.8) is 0 Å². The maximum atomic E-state index is 13.3. The average molecular weight is 2200 g/mol. The van der Waals surface area contributed by atoms with Crippen molar-refractivity contribution in [1.29, 1.82) is 5.26 Å². The van der Waals surface area contributed by atoms with Crippen LogP contribution in [-0.4, -0.2) is 456 Å². The van der Waals surface area contributed by atoms with Crippen LogP contribution in [0.2, 0.25) is 36.3 Å². The number of phosphoric ester groups is 2. The van der Waals surface area contributed by atoms with Crippen molar-refractivity contribution >= 4 is 351 Å². The van der Waals surface area contributed by atoms with Crippen LogP contribution in [0.3, 0.4) is 0 Å². The van der Waals surface area contributed by atoms with E-state index < -0.39 is 65.0 Å². The molecule has 0 radical (unpaired) electrons. The fourth-order valence-electron chi connectivity index (χ4n) is 7.83. The molecule has 6 saturated heterocycles. The number of thioether (sulfide) groups is 1. The van der Waals surface area contributed by atoms with Crippen LogP contribution in [0, 0.1) is 51.0 Å². The van der Waals surface area contributed by atoms with E-state index in [0.717, 1.165) is 31.0 Å². The Balaban J connectivity index is -0.0000000909. The van der Waals surface area contributed by atoms with E-state index in [1.165, 1.54) is 27.1 Å². The molecular formula is C58H119Ba6NO23P3SSi2+. The van der Waals surface area contributed by atoms with Crippen LogP contribution in [0.25, 0.3) is 0 Å². The van der Waals surface area contributed by atoms with Gasteiger partial charge in [0.25, 0.3) is 0 Å². The van der Waals surface area contributed by atoms with Crippen LogP contribution in [-0.2, 0) is 92.0 Å². The predicted octanol–water partition coefficient (Wildman–Crippen LogP) is 12.0. The fourth-order valence-corrected chi connectivity index (χ4v) is 14.7. The van der Waals surface area contributed by atoms with E-state index in [1.54, 1.807) is 32.5 Å². The predicted molar refractivity (Wildman–Crippen MR) is 385 cm³/mol. The first-order chi connectivity index (χ1) is 40.4. The Morgan fingerprint density at radius 3 is 1.29 bits per heavy atom. The van der Waals surface area contributed by atoms with E-state index in [9.17, 15) is 28.7 Å². The van der Waals surface area contributed by atoms with Gasteiger partial charge in [-0.3, -0.25) is 31.9 Å². The van der Waals surface area contributed by atoms with Crippen LogP contribution in [0.5, 0.6) is 0 Å². The molecule has 0 aromatic carbocycles. The molecule has 6 aliphatic heterocycles. The minimum Gasteiger partial charge on any atom is -1.00 e. The number of carbonyl (C=O) groups is 1. The van der Waals surface area contributed by atoms with Crippen molar-refractivity contribution in [1.82, 2.24) is 0 Å². The SMILES string of the molecule is C.C.CC#N.CC(=O)SCCO.CCCO[P@@](=O)(OC[C@H]1O[CH-]CC1O)OC1C[CH-]O[C@@H]1CO.CCCO[P@@](=O)(OC[C@H]1O[CH-]CC1O[Si](C)(C)C(C)(C)C)OC1C[CH-]O[C@@H]1CC.CC[C@H]1O[CH-]CC1O[P+](=O)OC[C@H]1O[CH-]CC1O[Si](C)(C)C(C)(C)C.[Ba+2].[Ba+2].[Ba+2].[Ba+2].[Ba+2].[Ba+2].[H-].[H-].[H-].[H-].[H-].[H-]. The quantitative estimate of drug-likeness (QED) is 0.0342. The van der Waals surface area contributed by atoms with Crippen LogP contribution in [0.4, 0.5) is 0 Å². The third-order valence-corrected chi connectivity index (χ3v) is 28.4. The zero-order valence-electron chi connectivity index (χ0n) is 64.1. The van der Waals surface area contributed by atoms with Crippen LogP contribution in [0.1, 0.15) is 171 Å². The molecular weight excluding hydrogens is 2080 g/mol. The van der Waals surface area contributed by atoms with Gasteiger partial charge < -0.3 is 61.2 Å². The van der Waals surface area contributed by atoms with Gasteiger partial charge in [-0.1, -0.05) is 95.9 Å². The van der Waals surface area contributed by atoms with Crippen molar-refractivity contribution in [2.45, 2.75) is 272 Å². The molecule has 6 rings (SSSR count). The summed E-state index contributed by atoms with van der Waals surface area (Å²) in [5, 5.41) is 34.6. The first kappa shape index (κ1) is 116. The zero-order chi connectivity index (χ0) is 64.8. The van der Waals surface area contributed by atoms with E-state index in [1.807, 2.05) is 27.7 Å². The molecule has 7 unspecified atom stereocenters. The maximum Gasteiger partial charge on any atom is 2.00 e. The Hall–Kier alpha value is 9.17. The van der Waals surface area contributed by atoms with Crippen LogP contribution >= 0.6 is 35.7 Å². The summed E-state index contributed by atoms with van der Waals surface area (Å²) in [5.41, 5.74) is 0. The number of hydrogen-bond donors (Lipinski definition) is 3. The molecule has 94 heavy (non-hydrogen) atoms. The number of aliphatic hydroxyl groups excluding tert-OH is 3. The van der Waals surface area contributed by atoms with E-state index in [2.05, 4.69) is 67.7 Å². The Kier molecular flexibility index (Phi) is 77.6. The molecule has 0 saturated carbocycles. The second kappa shape index (κ2) is 62.7. The Labute approximate surface area is 825 Å². The van der Waals surface area contributed by atoms with Gasteiger partial charge in [0.1, 0.15) is 12.7 Å². The number of aliphatic hydroxyl groups is 3. The maximum absolute atomic E-state index is 13.3. The van der Waals surface area contributed by atoms with Gasteiger partial charge in [0, 0.05) is 42.5 Å². The monoisotopic (exact) mass is 2210 g/mol. The molecule has 24 nitrogen and oxygen atoms in total. The number of carbonyl (C=O) groups excluding carboxylic acids is 1. The summed E-state index contributed by atoms with van der Waals surface area (Å²) in [6.45, 7) is 43.2. The Morgan fingerprint density at radius 1 is 0.596 bits per heavy atom. The summed E-state index contributed by atoms with van der Waals surface area (Å²) in [4.78, 5) is 10.1. The van der Waals surface area contributed by atoms with Gasteiger partial charge in [-0.2, -0.15) is 5.26 Å². The van der Waals surface area contributed by atoms with Crippen molar-refractivity contribution in [2.24, 2.45) is 0 Å². The molecule has 0 amide bonds. The van der Waals surface area contributed by atoms with E-state index >= 15 is 0 Å². The summed E-state index contributed by atoms with van der Waals surface area (Å²) in [6.07, 6.45) is 2.33. The van der Waals surface area contributed by atoms with Crippen LogP contribution < -0.4 is 0 Å². The molecule has 6 aliphatic rings. The number of ether oxygens (including phenoxy) is 6. The number of hydrogen-bond acceptors (Lipinski definition) is 25. The van der Waals surface area contributed by atoms with E-state index in [4.69, 9.17) is 83.8 Å². The van der Waals surface area contributed by atoms with Gasteiger partial charge in [0.15, 0.2) is 21.8 Å². The first-order valence-electron chi connectivity index (χ1n) is 29.9. The van der Waals surface area contributed by atoms with Gasteiger partial charge in [-0.15, -0.1) is 47.6 Å². The molecule has 0 spiro atoms. The zero-order valence-corrected chi connectivity index (χ0v) is 90.2. The van der Waals surface area contributed by atoms with Gasteiger partial charge in [-0.05, 0) is 61.9 Å². The number of nitrogens with zero attached hydrogens (tertiary/aromatic N) is 1. The minimum atomic E-state index is -3.83. The van der Waals surface area contributed by atoms with Crippen molar-refractivity contribution in [3.05, 3.63) is 39.6 Å². The second-order valence-electron chi connectivity index (χ2n) is 23.8. The van der Waals surface area contributed by atoms with E-state index in [0.29, 0.717) is 57.3 Å². The molecule has 6 fully saturated rings. The topological polar surface area (TPSA) is 300 Å². The van der Waals surface area contributed by atoms with Gasteiger partial charge in [-0.25, -0.2) is 48.8 Å². The Bertz CT molecular complexity index is 2110. The Morgan fingerprint density at radius 2 is 0.936 bits per heavy atom. The van der Waals surface area contributed by atoms with Gasteiger partial charge in [0.05, 0.1) is 94.5 Å². The van der Waals surface area contributed by atoms with E-state index in [-0.39, 0.29) is 420 Å². The molecule has 0 aliphatic carbocycles. The van der Waals surface area contributed by atoms with Gasteiger partial charge in [0.2, 0.25) is 0 Å². The summed E-state index contributed by atoms with van der Waals surface area (Å²) < 4.78 is 128. The normalized spacial score (nSPS) is 26.7. The molecule has 0 bridgehead atoms.